The lowest BCUT2D eigenvalue weighted by atomic mass is 9.82. The molecule has 1 aromatic carbocycles. The van der Waals surface area contributed by atoms with Crippen LogP contribution in [0.15, 0.2) is 12.1 Å². The Morgan fingerprint density at radius 3 is 2.37 bits per heavy atom. The first-order valence-electron chi connectivity index (χ1n) is 7.64. The second-order valence-electron chi connectivity index (χ2n) is 7.60. The van der Waals surface area contributed by atoms with E-state index in [9.17, 15) is 0 Å². The molecule has 0 spiro atoms. The average molecular weight is 257 g/mol. The molecular weight excluding hydrogens is 230 g/mol. The van der Waals surface area contributed by atoms with Crippen molar-refractivity contribution < 1.29 is 0 Å². The number of nitrogens with zero attached hydrogens (tertiary/aromatic N) is 1. The van der Waals surface area contributed by atoms with Gasteiger partial charge in [-0.1, -0.05) is 13.0 Å². The molecule has 1 nitrogen and oxygen atoms in total. The van der Waals surface area contributed by atoms with Crippen LogP contribution in [0.2, 0.25) is 0 Å². The predicted molar refractivity (Wildman–Crippen MR) is 83.0 cm³/mol. The number of rotatable bonds is 1. The SMILES string of the molecule is Cc1cc(C)c(C)c(N2C(C)C3(C)CCC2(C)C3)c1. The molecule has 1 heterocycles. The first kappa shape index (κ1) is 13.0. The zero-order chi connectivity index (χ0) is 14.0. The van der Waals surface area contributed by atoms with Crippen molar-refractivity contribution in [1.82, 2.24) is 0 Å². The van der Waals surface area contributed by atoms with Gasteiger partial charge in [-0.3, -0.25) is 0 Å². The predicted octanol–water partition coefficient (Wildman–Crippen LogP) is 4.77. The fraction of sp³-hybridized carbons (Fsp3) is 0.667. The van der Waals surface area contributed by atoms with E-state index in [2.05, 4.69) is 58.6 Å². The van der Waals surface area contributed by atoms with Gasteiger partial charge < -0.3 is 4.90 Å². The van der Waals surface area contributed by atoms with Gasteiger partial charge in [0.15, 0.2) is 0 Å². The van der Waals surface area contributed by atoms with Crippen molar-refractivity contribution in [3.05, 3.63) is 28.8 Å². The van der Waals surface area contributed by atoms with E-state index >= 15 is 0 Å². The molecule has 3 atom stereocenters. The monoisotopic (exact) mass is 257 g/mol. The van der Waals surface area contributed by atoms with Crippen LogP contribution in [0.4, 0.5) is 5.69 Å². The summed E-state index contributed by atoms with van der Waals surface area (Å²) >= 11 is 0. The number of benzene rings is 1. The molecule has 2 bridgehead atoms. The normalized spacial score (nSPS) is 37.2. The van der Waals surface area contributed by atoms with Gasteiger partial charge >= 0.3 is 0 Å². The van der Waals surface area contributed by atoms with Crippen LogP contribution in [-0.4, -0.2) is 11.6 Å². The smallest absolute Gasteiger partial charge is 0.0408 e. The van der Waals surface area contributed by atoms with Crippen LogP contribution in [-0.2, 0) is 0 Å². The molecular formula is C18H27N. The van der Waals surface area contributed by atoms with E-state index in [0.29, 0.717) is 17.0 Å². The first-order valence-corrected chi connectivity index (χ1v) is 7.64. The zero-order valence-corrected chi connectivity index (χ0v) is 13.3. The molecule has 0 radical (unpaired) electrons. The molecule has 0 amide bonds. The van der Waals surface area contributed by atoms with Crippen molar-refractivity contribution in [2.75, 3.05) is 4.90 Å². The van der Waals surface area contributed by atoms with Crippen LogP contribution in [0, 0.1) is 26.2 Å². The molecule has 3 rings (SSSR count). The van der Waals surface area contributed by atoms with Gasteiger partial charge in [0.25, 0.3) is 0 Å². The highest BCUT2D eigenvalue weighted by Gasteiger charge is 2.58. The van der Waals surface area contributed by atoms with Crippen LogP contribution < -0.4 is 4.90 Å². The third kappa shape index (κ3) is 1.67. The van der Waals surface area contributed by atoms with Crippen molar-refractivity contribution >= 4 is 5.69 Å². The summed E-state index contributed by atoms with van der Waals surface area (Å²) in [5.74, 6) is 0. The second kappa shape index (κ2) is 3.77. The summed E-state index contributed by atoms with van der Waals surface area (Å²) in [6.07, 6.45) is 4.10. The summed E-state index contributed by atoms with van der Waals surface area (Å²) in [7, 11) is 0. The van der Waals surface area contributed by atoms with Crippen molar-refractivity contribution in [1.29, 1.82) is 0 Å². The second-order valence-corrected chi connectivity index (χ2v) is 7.60. The molecule has 1 aliphatic heterocycles. The minimum atomic E-state index is 0.374. The maximum atomic E-state index is 2.74. The maximum absolute atomic E-state index is 2.74. The van der Waals surface area contributed by atoms with Crippen LogP contribution in [0.5, 0.6) is 0 Å². The summed E-state index contributed by atoms with van der Waals surface area (Å²) in [5, 5.41) is 0. The standard InChI is InChI=1S/C18H27N/c1-12-9-13(2)14(3)16(10-12)19-15(4)17(5)7-8-18(19,6)11-17/h9-10,15H,7-8,11H2,1-6H3. The van der Waals surface area contributed by atoms with E-state index in [1.165, 1.54) is 41.6 Å². The summed E-state index contributed by atoms with van der Waals surface area (Å²) < 4.78 is 0. The highest BCUT2D eigenvalue weighted by atomic mass is 15.3. The number of anilines is 1. The fourth-order valence-corrected chi connectivity index (χ4v) is 4.71. The van der Waals surface area contributed by atoms with E-state index in [4.69, 9.17) is 0 Å². The van der Waals surface area contributed by atoms with Crippen LogP contribution in [0.1, 0.15) is 56.7 Å². The largest absolute Gasteiger partial charge is 0.363 e. The van der Waals surface area contributed by atoms with Crippen molar-refractivity contribution in [3.63, 3.8) is 0 Å². The third-order valence-electron chi connectivity index (χ3n) is 6.04. The summed E-state index contributed by atoms with van der Waals surface area (Å²) in [5.41, 5.74) is 6.66. The topological polar surface area (TPSA) is 3.24 Å². The highest BCUT2D eigenvalue weighted by Crippen LogP contribution is 2.59. The maximum Gasteiger partial charge on any atom is 0.0408 e. The van der Waals surface area contributed by atoms with E-state index in [1.54, 1.807) is 0 Å². The Morgan fingerprint density at radius 1 is 1.11 bits per heavy atom. The van der Waals surface area contributed by atoms with E-state index in [-0.39, 0.29) is 0 Å². The number of hydrogen-bond donors (Lipinski definition) is 0. The van der Waals surface area contributed by atoms with E-state index in [0.717, 1.165) is 0 Å². The van der Waals surface area contributed by atoms with E-state index < -0.39 is 0 Å². The Balaban J connectivity index is 2.13. The molecule has 104 valence electrons. The molecule has 1 heteroatoms. The van der Waals surface area contributed by atoms with Crippen LogP contribution >= 0.6 is 0 Å². The Kier molecular flexibility index (Phi) is 2.59. The molecule has 1 aromatic rings. The molecule has 19 heavy (non-hydrogen) atoms. The quantitative estimate of drug-likeness (QED) is 0.700. The molecule has 2 fully saturated rings. The molecule has 1 saturated carbocycles. The summed E-state index contributed by atoms with van der Waals surface area (Å²) in [6, 6.07) is 5.36. The van der Waals surface area contributed by atoms with E-state index in [1.807, 2.05) is 0 Å². The van der Waals surface area contributed by atoms with Crippen molar-refractivity contribution in [2.45, 2.75) is 72.4 Å². The number of fused-ring (bicyclic) bond motifs is 2. The van der Waals surface area contributed by atoms with Crippen LogP contribution in [0.25, 0.3) is 0 Å². The van der Waals surface area contributed by atoms with Gasteiger partial charge in [-0.25, -0.2) is 0 Å². The lowest BCUT2D eigenvalue weighted by molar-refractivity contribution is 0.290. The Hall–Kier alpha value is -0.980. The first-order chi connectivity index (χ1) is 8.77. The van der Waals surface area contributed by atoms with Gasteiger partial charge in [0, 0.05) is 17.3 Å². The number of piperidine rings is 1. The summed E-state index contributed by atoms with van der Waals surface area (Å²) in [4.78, 5) is 2.74. The number of hydrogen-bond acceptors (Lipinski definition) is 1. The van der Waals surface area contributed by atoms with Gasteiger partial charge in [-0.15, -0.1) is 0 Å². The zero-order valence-electron chi connectivity index (χ0n) is 13.3. The fourth-order valence-electron chi connectivity index (χ4n) is 4.71. The van der Waals surface area contributed by atoms with Gasteiger partial charge in [0.1, 0.15) is 0 Å². The molecule has 0 N–H and O–H groups in total. The lowest BCUT2D eigenvalue weighted by Crippen LogP contribution is -2.49. The average Bonchev–Trinajstić information content (AvgIpc) is 2.72. The van der Waals surface area contributed by atoms with Crippen LogP contribution in [0.3, 0.4) is 0 Å². The summed E-state index contributed by atoms with van der Waals surface area (Å²) in [6.45, 7) is 14.1. The van der Waals surface area contributed by atoms with Gasteiger partial charge in [-0.2, -0.15) is 0 Å². The van der Waals surface area contributed by atoms with Gasteiger partial charge in [0.2, 0.25) is 0 Å². The molecule has 2 aliphatic rings. The number of aryl methyl sites for hydroxylation is 2. The molecule has 0 aromatic heterocycles. The lowest BCUT2D eigenvalue weighted by Gasteiger charge is -2.45. The van der Waals surface area contributed by atoms with Gasteiger partial charge in [-0.05, 0) is 82.1 Å². The minimum Gasteiger partial charge on any atom is -0.363 e. The molecule has 3 unspecified atom stereocenters. The van der Waals surface area contributed by atoms with Crippen molar-refractivity contribution in [2.24, 2.45) is 5.41 Å². The molecule has 1 aliphatic carbocycles. The van der Waals surface area contributed by atoms with Gasteiger partial charge in [0.05, 0.1) is 0 Å². The van der Waals surface area contributed by atoms with Crippen molar-refractivity contribution in [3.8, 4) is 0 Å². The Morgan fingerprint density at radius 2 is 1.79 bits per heavy atom. The Bertz CT molecular complexity index is 533. The Labute approximate surface area is 118 Å². The highest BCUT2D eigenvalue weighted by molar-refractivity contribution is 5.62. The minimum absolute atomic E-state index is 0.374. The molecule has 1 saturated heterocycles. The third-order valence-corrected chi connectivity index (χ3v) is 6.04.